The molecule has 0 aliphatic rings. The van der Waals surface area contributed by atoms with E-state index in [0.29, 0.717) is 18.4 Å². The number of aliphatic hydroxyl groups is 1. The fourth-order valence-corrected chi connectivity index (χ4v) is 1.52. The van der Waals surface area contributed by atoms with E-state index in [2.05, 4.69) is 15.3 Å². The zero-order valence-corrected chi connectivity index (χ0v) is 10.7. The number of ether oxygens (including phenoxy) is 1. The van der Waals surface area contributed by atoms with Gasteiger partial charge in [0, 0.05) is 24.4 Å². The number of aromatic nitrogens is 2. The van der Waals surface area contributed by atoms with Crippen molar-refractivity contribution >= 4 is 5.95 Å². The van der Waals surface area contributed by atoms with Gasteiger partial charge in [-0.15, -0.1) is 0 Å². The Morgan fingerprint density at radius 1 is 1.47 bits per heavy atom. The van der Waals surface area contributed by atoms with E-state index >= 15 is 0 Å². The third-order valence-corrected chi connectivity index (χ3v) is 2.29. The smallest absolute Gasteiger partial charge is 0.226 e. The first-order valence-electron chi connectivity index (χ1n) is 6.01. The van der Waals surface area contributed by atoms with Gasteiger partial charge in [0.25, 0.3) is 0 Å². The van der Waals surface area contributed by atoms with Crippen molar-refractivity contribution in [3.63, 3.8) is 0 Å². The minimum Gasteiger partial charge on any atom is -0.478 e. The maximum Gasteiger partial charge on any atom is 0.226 e. The lowest BCUT2D eigenvalue weighted by Gasteiger charge is -2.14. The number of rotatable bonds is 7. The molecule has 0 spiro atoms. The minimum atomic E-state index is 0.213. The third kappa shape index (κ3) is 4.99. The van der Waals surface area contributed by atoms with Crippen LogP contribution in [-0.2, 0) is 0 Å². The van der Waals surface area contributed by atoms with Crippen molar-refractivity contribution in [1.29, 1.82) is 0 Å². The molecule has 0 aliphatic heterocycles. The van der Waals surface area contributed by atoms with Crippen molar-refractivity contribution in [3.05, 3.63) is 11.8 Å². The van der Waals surface area contributed by atoms with Crippen LogP contribution < -0.4 is 10.1 Å². The van der Waals surface area contributed by atoms with Crippen LogP contribution in [0.25, 0.3) is 0 Å². The summed E-state index contributed by atoms with van der Waals surface area (Å²) < 4.78 is 5.36. The summed E-state index contributed by atoms with van der Waals surface area (Å²) in [4.78, 5) is 8.56. The lowest BCUT2D eigenvalue weighted by molar-refractivity contribution is 0.282. The number of nitrogens with one attached hydrogen (secondary N) is 1. The maximum atomic E-state index is 8.76. The first-order valence-corrected chi connectivity index (χ1v) is 6.01. The maximum absolute atomic E-state index is 8.76. The summed E-state index contributed by atoms with van der Waals surface area (Å²) in [6.45, 7) is 6.69. The van der Waals surface area contributed by atoms with Gasteiger partial charge < -0.3 is 15.2 Å². The van der Waals surface area contributed by atoms with Gasteiger partial charge in [-0.3, -0.25) is 0 Å². The van der Waals surface area contributed by atoms with Gasteiger partial charge in [0.2, 0.25) is 11.8 Å². The average molecular weight is 239 g/mol. The molecule has 0 amide bonds. The molecule has 2 N–H and O–H groups in total. The van der Waals surface area contributed by atoms with E-state index in [1.807, 2.05) is 26.8 Å². The van der Waals surface area contributed by atoms with E-state index in [0.717, 1.165) is 18.5 Å². The Bertz CT molecular complexity index is 345. The van der Waals surface area contributed by atoms with E-state index in [1.165, 1.54) is 0 Å². The van der Waals surface area contributed by atoms with Gasteiger partial charge >= 0.3 is 0 Å². The van der Waals surface area contributed by atoms with Crippen molar-refractivity contribution in [2.24, 2.45) is 0 Å². The normalized spacial score (nSPS) is 12.2. The van der Waals surface area contributed by atoms with Crippen LogP contribution >= 0.6 is 0 Å². The van der Waals surface area contributed by atoms with Crippen LogP contribution in [0.2, 0.25) is 0 Å². The highest BCUT2D eigenvalue weighted by Gasteiger charge is 2.06. The van der Waals surface area contributed by atoms with Crippen LogP contribution in [0.4, 0.5) is 5.95 Å². The Labute approximate surface area is 102 Å². The summed E-state index contributed by atoms with van der Waals surface area (Å²) >= 11 is 0. The number of hydrogen-bond donors (Lipinski definition) is 2. The molecule has 5 heteroatoms. The first kappa shape index (κ1) is 13.7. The van der Waals surface area contributed by atoms with Crippen LogP contribution in [-0.4, -0.2) is 34.3 Å². The van der Waals surface area contributed by atoms with Crippen molar-refractivity contribution < 1.29 is 9.84 Å². The number of nitrogens with zero attached hydrogens (tertiary/aromatic N) is 2. The highest BCUT2D eigenvalue weighted by atomic mass is 16.5. The SMILES string of the molecule is CCOc1cc(C)nc(NC(C)CCCO)n1. The molecule has 5 nitrogen and oxygen atoms in total. The summed E-state index contributed by atoms with van der Waals surface area (Å²) in [5.74, 6) is 1.18. The van der Waals surface area contributed by atoms with E-state index < -0.39 is 0 Å². The topological polar surface area (TPSA) is 67.3 Å². The van der Waals surface area contributed by atoms with Crippen molar-refractivity contribution in [2.45, 2.75) is 39.7 Å². The largest absolute Gasteiger partial charge is 0.478 e. The molecule has 0 saturated heterocycles. The lowest BCUT2D eigenvalue weighted by Crippen LogP contribution is -2.18. The van der Waals surface area contributed by atoms with Gasteiger partial charge in [0.1, 0.15) is 0 Å². The molecule has 1 unspecified atom stereocenters. The van der Waals surface area contributed by atoms with E-state index in [4.69, 9.17) is 9.84 Å². The number of anilines is 1. The fourth-order valence-electron chi connectivity index (χ4n) is 1.52. The molecule has 0 fully saturated rings. The van der Waals surface area contributed by atoms with Crippen LogP contribution in [0.5, 0.6) is 5.88 Å². The Hall–Kier alpha value is -1.36. The monoisotopic (exact) mass is 239 g/mol. The zero-order valence-electron chi connectivity index (χ0n) is 10.7. The van der Waals surface area contributed by atoms with E-state index in [-0.39, 0.29) is 12.6 Å². The van der Waals surface area contributed by atoms with Crippen molar-refractivity contribution in [2.75, 3.05) is 18.5 Å². The quantitative estimate of drug-likeness (QED) is 0.759. The van der Waals surface area contributed by atoms with E-state index in [1.54, 1.807) is 0 Å². The van der Waals surface area contributed by atoms with Gasteiger partial charge in [-0.05, 0) is 33.6 Å². The predicted octanol–water partition coefficient (Wildman–Crippen LogP) is 1.76. The molecular weight excluding hydrogens is 218 g/mol. The minimum absolute atomic E-state index is 0.213. The lowest BCUT2D eigenvalue weighted by atomic mass is 10.2. The molecule has 0 radical (unpaired) electrons. The second kappa shape index (κ2) is 7.06. The molecule has 17 heavy (non-hydrogen) atoms. The number of hydrogen-bond acceptors (Lipinski definition) is 5. The predicted molar refractivity (Wildman–Crippen MR) is 67.3 cm³/mol. The van der Waals surface area contributed by atoms with Crippen LogP contribution in [0.1, 0.15) is 32.4 Å². The number of aliphatic hydroxyl groups excluding tert-OH is 1. The molecule has 1 atom stereocenters. The van der Waals surface area contributed by atoms with Crippen LogP contribution in [0, 0.1) is 6.92 Å². The highest BCUT2D eigenvalue weighted by Crippen LogP contribution is 2.13. The second-order valence-electron chi connectivity index (χ2n) is 4.02. The molecule has 1 aromatic rings. The Balaban J connectivity index is 2.63. The van der Waals surface area contributed by atoms with Crippen molar-refractivity contribution in [1.82, 2.24) is 9.97 Å². The van der Waals surface area contributed by atoms with Gasteiger partial charge in [0.05, 0.1) is 6.61 Å². The van der Waals surface area contributed by atoms with Crippen molar-refractivity contribution in [3.8, 4) is 5.88 Å². The summed E-state index contributed by atoms with van der Waals surface area (Å²) in [6.07, 6.45) is 1.66. The Morgan fingerprint density at radius 3 is 2.88 bits per heavy atom. The summed E-state index contributed by atoms with van der Waals surface area (Å²) in [7, 11) is 0. The second-order valence-corrected chi connectivity index (χ2v) is 4.02. The molecule has 1 rings (SSSR count). The number of aryl methyl sites for hydroxylation is 1. The Kier molecular flexibility index (Phi) is 5.69. The van der Waals surface area contributed by atoms with Crippen LogP contribution in [0.15, 0.2) is 6.07 Å². The highest BCUT2D eigenvalue weighted by molar-refractivity contribution is 5.31. The third-order valence-electron chi connectivity index (χ3n) is 2.29. The summed E-state index contributed by atoms with van der Waals surface area (Å²) in [5, 5.41) is 12.0. The fraction of sp³-hybridized carbons (Fsp3) is 0.667. The molecular formula is C12H21N3O2. The molecule has 0 aromatic carbocycles. The molecule has 0 aliphatic carbocycles. The Morgan fingerprint density at radius 2 is 2.24 bits per heavy atom. The van der Waals surface area contributed by atoms with Gasteiger partial charge in [0.15, 0.2) is 0 Å². The summed E-state index contributed by atoms with van der Waals surface area (Å²) in [6, 6.07) is 2.05. The van der Waals surface area contributed by atoms with Crippen LogP contribution in [0.3, 0.4) is 0 Å². The van der Waals surface area contributed by atoms with Gasteiger partial charge in [-0.2, -0.15) is 4.98 Å². The molecule has 0 saturated carbocycles. The first-order chi connectivity index (χ1) is 8.15. The van der Waals surface area contributed by atoms with Gasteiger partial charge in [-0.25, -0.2) is 4.98 Å². The standard InChI is InChI=1S/C12H21N3O2/c1-4-17-11-8-10(3)14-12(15-11)13-9(2)6-5-7-16/h8-9,16H,4-7H2,1-3H3,(H,13,14,15). The average Bonchev–Trinajstić information content (AvgIpc) is 2.26. The molecule has 0 bridgehead atoms. The van der Waals surface area contributed by atoms with Gasteiger partial charge in [-0.1, -0.05) is 0 Å². The molecule has 96 valence electrons. The summed E-state index contributed by atoms with van der Waals surface area (Å²) in [5.41, 5.74) is 0.875. The zero-order chi connectivity index (χ0) is 12.7. The van der Waals surface area contributed by atoms with E-state index in [9.17, 15) is 0 Å². The molecule has 1 heterocycles. The molecule has 1 aromatic heterocycles.